The van der Waals surface area contributed by atoms with Crippen LogP contribution < -0.4 is 15.0 Å². The smallest absolute Gasteiger partial charge is 0.260 e. The molecule has 1 N–H and O–H groups in total. The van der Waals surface area contributed by atoms with E-state index in [1.165, 1.54) is 16.9 Å². The normalized spacial score (nSPS) is 11.1. The number of H-pyrrole nitrogens is 1. The Balaban J connectivity index is 1.67. The Morgan fingerprint density at radius 3 is 2.63 bits per heavy atom. The molecule has 4 aromatic rings. The average Bonchev–Trinajstić information content (AvgIpc) is 3.01. The molecule has 154 valence electrons. The predicted octanol–water partition coefficient (Wildman–Crippen LogP) is 5.55. The van der Waals surface area contributed by atoms with Gasteiger partial charge >= 0.3 is 0 Å². The second-order valence-corrected chi connectivity index (χ2v) is 8.45. The largest absolute Gasteiger partial charge is 0.490 e. The van der Waals surface area contributed by atoms with E-state index in [9.17, 15) is 4.79 Å². The molecule has 0 radical (unpaired) electrons. The molecule has 0 aliphatic rings. The fourth-order valence-electron chi connectivity index (χ4n) is 3.40. The molecule has 0 aliphatic carbocycles. The molecular formula is C24H24N2O3S. The van der Waals surface area contributed by atoms with Gasteiger partial charge in [-0.2, -0.15) is 0 Å². The first kappa shape index (κ1) is 20.2. The number of nitrogens with one attached hydrogen (secondary N) is 1. The van der Waals surface area contributed by atoms with E-state index in [1.54, 1.807) is 0 Å². The summed E-state index contributed by atoms with van der Waals surface area (Å²) in [5, 5.41) is 0.671. The Kier molecular flexibility index (Phi) is 5.59. The van der Waals surface area contributed by atoms with Gasteiger partial charge in [0.1, 0.15) is 17.3 Å². The highest BCUT2D eigenvalue weighted by Crippen LogP contribution is 2.33. The number of aromatic amines is 1. The maximum absolute atomic E-state index is 12.6. The molecule has 0 amide bonds. The summed E-state index contributed by atoms with van der Waals surface area (Å²) >= 11 is 1.54. The van der Waals surface area contributed by atoms with Gasteiger partial charge in [-0.15, -0.1) is 11.3 Å². The standard InChI is InChI=1S/C24H24N2O3S/c1-5-28-20-12-18(9-10-19(20)29-13-17-8-6-7-14(2)11-17)22-25-23(27)21-15(3)16(4)30-24(21)26-22/h6-12H,5,13H2,1-4H3,(H,25,26,27). The zero-order valence-corrected chi connectivity index (χ0v) is 18.4. The first-order chi connectivity index (χ1) is 14.5. The summed E-state index contributed by atoms with van der Waals surface area (Å²) < 4.78 is 11.8. The van der Waals surface area contributed by atoms with Crippen LogP contribution in [-0.4, -0.2) is 16.6 Å². The van der Waals surface area contributed by atoms with Crippen LogP contribution in [0.15, 0.2) is 47.3 Å². The summed E-state index contributed by atoms with van der Waals surface area (Å²) in [6.45, 7) is 8.92. The van der Waals surface area contributed by atoms with E-state index < -0.39 is 0 Å². The van der Waals surface area contributed by atoms with Crippen LogP contribution in [0.5, 0.6) is 11.5 Å². The Labute approximate surface area is 179 Å². The molecule has 5 nitrogen and oxygen atoms in total. The van der Waals surface area contributed by atoms with Gasteiger partial charge in [-0.25, -0.2) is 4.98 Å². The predicted molar refractivity (Wildman–Crippen MR) is 122 cm³/mol. The number of nitrogens with zero attached hydrogens (tertiary/aromatic N) is 1. The van der Waals surface area contributed by atoms with Crippen molar-refractivity contribution >= 4 is 21.6 Å². The lowest BCUT2D eigenvalue weighted by Crippen LogP contribution is -2.09. The van der Waals surface area contributed by atoms with Crippen molar-refractivity contribution in [3.05, 3.63) is 74.4 Å². The van der Waals surface area contributed by atoms with Crippen molar-refractivity contribution in [2.24, 2.45) is 0 Å². The molecule has 0 atom stereocenters. The minimum atomic E-state index is -0.116. The number of benzene rings is 2. The zero-order valence-electron chi connectivity index (χ0n) is 17.5. The van der Waals surface area contributed by atoms with Crippen molar-refractivity contribution in [1.82, 2.24) is 9.97 Å². The van der Waals surface area contributed by atoms with Gasteiger partial charge in [0.05, 0.1) is 12.0 Å². The summed E-state index contributed by atoms with van der Waals surface area (Å²) in [6.07, 6.45) is 0. The summed E-state index contributed by atoms with van der Waals surface area (Å²) in [5.74, 6) is 1.82. The number of ether oxygens (including phenoxy) is 2. The van der Waals surface area contributed by atoms with E-state index in [0.29, 0.717) is 35.9 Å². The van der Waals surface area contributed by atoms with Crippen LogP contribution in [0, 0.1) is 20.8 Å². The molecule has 4 rings (SSSR count). The molecule has 0 fully saturated rings. The van der Waals surface area contributed by atoms with Gasteiger partial charge in [-0.1, -0.05) is 29.8 Å². The molecule has 0 saturated carbocycles. The van der Waals surface area contributed by atoms with E-state index in [4.69, 9.17) is 9.47 Å². The van der Waals surface area contributed by atoms with Gasteiger partial charge < -0.3 is 14.5 Å². The second kappa shape index (κ2) is 8.32. The van der Waals surface area contributed by atoms with Crippen LogP contribution in [0.1, 0.15) is 28.5 Å². The Hall–Kier alpha value is -3.12. The third-order valence-corrected chi connectivity index (χ3v) is 6.13. The fourth-order valence-corrected chi connectivity index (χ4v) is 4.43. The number of aryl methyl sites for hydroxylation is 3. The fraction of sp³-hybridized carbons (Fsp3) is 0.250. The monoisotopic (exact) mass is 420 g/mol. The molecule has 2 heterocycles. The highest BCUT2D eigenvalue weighted by atomic mass is 32.1. The van der Waals surface area contributed by atoms with Crippen LogP contribution in [0.2, 0.25) is 0 Å². The van der Waals surface area contributed by atoms with Crippen molar-refractivity contribution < 1.29 is 9.47 Å². The van der Waals surface area contributed by atoms with Crippen molar-refractivity contribution in [2.75, 3.05) is 6.61 Å². The van der Waals surface area contributed by atoms with Crippen molar-refractivity contribution in [1.29, 1.82) is 0 Å². The van der Waals surface area contributed by atoms with Gasteiger partial charge in [-0.05, 0) is 57.0 Å². The third kappa shape index (κ3) is 3.96. The molecule has 6 heteroatoms. The van der Waals surface area contributed by atoms with E-state index in [0.717, 1.165) is 26.4 Å². The van der Waals surface area contributed by atoms with Gasteiger partial charge in [0.25, 0.3) is 5.56 Å². The van der Waals surface area contributed by atoms with Gasteiger partial charge in [0.2, 0.25) is 0 Å². The lowest BCUT2D eigenvalue weighted by molar-refractivity contribution is 0.269. The van der Waals surface area contributed by atoms with Gasteiger partial charge in [0.15, 0.2) is 11.5 Å². The number of fused-ring (bicyclic) bond motifs is 1. The van der Waals surface area contributed by atoms with E-state index in [-0.39, 0.29) is 5.56 Å². The Morgan fingerprint density at radius 1 is 1.03 bits per heavy atom. The summed E-state index contributed by atoms with van der Waals surface area (Å²) in [6, 6.07) is 13.8. The molecule has 30 heavy (non-hydrogen) atoms. The van der Waals surface area contributed by atoms with Crippen LogP contribution in [0.25, 0.3) is 21.6 Å². The SMILES string of the molecule is CCOc1cc(-c2nc3sc(C)c(C)c3c(=O)[nH]2)ccc1OCc1cccc(C)c1. The third-order valence-electron chi connectivity index (χ3n) is 5.03. The molecule has 0 bridgehead atoms. The lowest BCUT2D eigenvalue weighted by Gasteiger charge is -2.13. The zero-order chi connectivity index (χ0) is 21.3. The summed E-state index contributed by atoms with van der Waals surface area (Å²) in [7, 11) is 0. The molecule has 0 saturated heterocycles. The van der Waals surface area contributed by atoms with Crippen LogP contribution in [0.3, 0.4) is 0 Å². The molecular weight excluding hydrogens is 396 g/mol. The summed E-state index contributed by atoms with van der Waals surface area (Å²) in [5.41, 5.74) is 3.95. The van der Waals surface area contributed by atoms with Gasteiger partial charge in [0, 0.05) is 10.4 Å². The quantitative estimate of drug-likeness (QED) is 0.444. The van der Waals surface area contributed by atoms with E-state index in [1.807, 2.05) is 51.1 Å². The number of aromatic nitrogens is 2. The number of hydrogen-bond donors (Lipinski definition) is 1. The molecule has 0 aliphatic heterocycles. The topological polar surface area (TPSA) is 64.2 Å². The second-order valence-electron chi connectivity index (χ2n) is 7.25. The highest BCUT2D eigenvalue weighted by molar-refractivity contribution is 7.18. The lowest BCUT2D eigenvalue weighted by atomic mass is 10.1. The van der Waals surface area contributed by atoms with Crippen molar-refractivity contribution in [3.8, 4) is 22.9 Å². The first-order valence-corrected chi connectivity index (χ1v) is 10.7. The molecule has 0 spiro atoms. The van der Waals surface area contributed by atoms with Crippen LogP contribution in [0.4, 0.5) is 0 Å². The minimum absolute atomic E-state index is 0.116. The van der Waals surface area contributed by atoms with Crippen molar-refractivity contribution in [3.63, 3.8) is 0 Å². The van der Waals surface area contributed by atoms with E-state index >= 15 is 0 Å². The molecule has 0 unspecified atom stereocenters. The molecule has 2 aromatic carbocycles. The maximum atomic E-state index is 12.6. The Morgan fingerprint density at radius 2 is 1.87 bits per heavy atom. The Bertz CT molecular complexity index is 1270. The summed E-state index contributed by atoms with van der Waals surface area (Å²) in [4.78, 5) is 22.1. The number of hydrogen-bond acceptors (Lipinski definition) is 5. The average molecular weight is 421 g/mol. The van der Waals surface area contributed by atoms with Gasteiger partial charge in [-0.3, -0.25) is 4.79 Å². The van der Waals surface area contributed by atoms with Crippen molar-refractivity contribution in [2.45, 2.75) is 34.3 Å². The van der Waals surface area contributed by atoms with Crippen LogP contribution >= 0.6 is 11.3 Å². The highest BCUT2D eigenvalue weighted by Gasteiger charge is 2.14. The van der Waals surface area contributed by atoms with Crippen LogP contribution in [-0.2, 0) is 6.61 Å². The number of rotatable bonds is 6. The number of thiophene rings is 1. The first-order valence-electron chi connectivity index (χ1n) is 9.92. The van der Waals surface area contributed by atoms with E-state index in [2.05, 4.69) is 29.0 Å². The molecule has 2 aromatic heterocycles. The minimum Gasteiger partial charge on any atom is -0.490 e. The maximum Gasteiger partial charge on any atom is 0.260 e.